The summed E-state index contributed by atoms with van der Waals surface area (Å²) in [6.07, 6.45) is 9.26. The molecule has 0 aliphatic heterocycles. The highest BCUT2D eigenvalue weighted by atomic mass is 16.5. The molecule has 0 amide bonds. The minimum atomic E-state index is -0.0146. The second kappa shape index (κ2) is 5.31. The lowest BCUT2D eigenvalue weighted by Crippen LogP contribution is -2.47. The highest BCUT2D eigenvalue weighted by Gasteiger charge is 2.30. The van der Waals surface area contributed by atoms with Crippen molar-refractivity contribution in [3.8, 4) is 5.88 Å². The summed E-state index contributed by atoms with van der Waals surface area (Å²) in [7, 11) is 1.59. The number of rotatable bonds is 4. The van der Waals surface area contributed by atoms with Gasteiger partial charge < -0.3 is 15.8 Å². The minimum Gasteiger partial charge on any atom is -0.480 e. The first-order chi connectivity index (χ1) is 8.28. The van der Waals surface area contributed by atoms with Gasteiger partial charge in [-0.25, -0.2) is 0 Å². The molecule has 0 aromatic carbocycles. The van der Waals surface area contributed by atoms with E-state index in [1.54, 1.807) is 19.5 Å². The summed E-state index contributed by atoms with van der Waals surface area (Å²) in [5.41, 5.74) is 5.90. The predicted molar refractivity (Wildman–Crippen MR) is 67.1 cm³/mol. The molecular weight excluding hydrogens is 216 g/mol. The maximum atomic E-state index is 5.91. The first kappa shape index (κ1) is 12.1. The quantitative estimate of drug-likeness (QED) is 0.830. The highest BCUT2D eigenvalue weighted by Crippen LogP contribution is 2.30. The highest BCUT2D eigenvalue weighted by molar-refractivity contribution is 5.37. The molecule has 0 saturated heterocycles. The molecule has 5 heteroatoms. The maximum Gasteiger partial charge on any atom is 0.233 e. The molecule has 1 saturated carbocycles. The van der Waals surface area contributed by atoms with Crippen LogP contribution in [0.4, 0.5) is 5.82 Å². The number of ether oxygens (including phenoxy) is 1. The Morgan fingerprint density at radius 2 is 2.12 bits per heavy atom. The summed E-state index contributed by atoms with van der Waals surface area (Å²) in [6.45, 7) is 0.631. The summed E-state index contributed by atoms with van der Waals surface area (Å²) in [5, 5.41) is 3.44. The molecule has 1 aromatic rings. The van der Waals surface area contributed by atoms with Gasteiger partial charge >= 0.3 is 0 Å². The largest absolute Gasteiger partial charge is 0.480 e. The minimum absolute atomic E-state index is 0.0146. The molecule has 1 heterocycles. The SMILES string of the molecule is COc1cncc(NC2(CN)CCCCC2)n1. The number of hydrogen-bond donors (Lipinski definition) is 2. The second-order valence-corrected chi connectivity index (χ2v) is 4.62. The number of nitrogens with one attached hydrogen (secondary N) is 1. The van der Waals surface area contributed by atoms with E-state index < -0.39 is 0 Å². The fourth-order valence-electron chi connectivity index (χ4n) is 2.39. The van der Waals surface area contributed by atoms with E-state index in [4.69, 9.17) is 10.5 Å². The van der Waals surface area contributed by atoms with Gasteiger partial charge in [-0.1, -0.05) is 19.3 Å². The van der Waals surface area contributed by atoms with Crippen LogP contribution in [0.3, 0.4) is 0 Å². The Bertz CT molecular complexity index is 363. The van der Waals surface area contributed by atoms with Crippen LogP contribution in [-0.2, 0) is 0 Å². The standard InChI is InChI=1S/C12H20N4O/c1-17-11-8-14-7-10(15-11)16-12(9-13)5-3-2-4-6-12/h7-8H,2-6,9,13H2,1H3,(H,15,16). The Morgan fingerprint density at radius 1 is 1.35 bits per heavy atom. The third-order valence-corrected chi connectivity index (χ3v) is 3.42. The van der Waals surface area contributed by atoms with Crippen molar-refractivity contribution in [2.45, 2.75) is 37.6 Å². The monoisotopic (exact) mass is 236 g/mol. The molecular formula is C12H20N4O. The van der Waals surface area contributed by atoms with E-state index in [-0.39, 0.29) is 5.54 Å². The van der Waals surface area contributed by atoms with E-state index in [9.17, 15) is 0 Å². The molecule has 5 nitrogen and oxygen atoms in total. The normalized spacial score (nSPS) is 18.7. The molecule has 1 aliphatic carbocycles. The summed E-state index contributed by atoms with van der Waals surface area (Å²) in [4.78, 5) is 8.42. The van der Waals surface area contributed by atoms with Gasteiger partial charge in [-0.05, 0) is 12.8 Å². The fourth-order valence-corrected chi connectivity index (χ4v) is 2.39. The Labute approximate surface area is 102 Å². The zero-order chi connectivity index (χ0) is 12.1. The topological polar surface area (TPSA) is 73.1 Å². The van der Waals surface area contributed by atoms with E-state index in [0.717, 1.165) is 18.7 Å². The number of anilines is 1. The van der Waals surface area contributed by atoms with Crippen LogP contribution >= 0.6 is 0 Å². The predicted octanol–water partition coefficient (Wildman–Crippen LogP) is 1.56. The van der Waals surface area contributed by atoms with E-state index in [2.05, 4.69) is 15.3 Å². The molecule has 0 radical (unpaired) electrons. The maximum absolute atomic E-state index is 5.91. The van der Waals surface area contributed by atoms with Crippen LogP contribution in [0.2, 0.25) is 0 Å². The molecule has 3 N–H and O–H groups in total. The third-order valence-electron chi connectivity index (χ3n) is 3.42. The van der Waals surface area contributed by atoms with Crippen LogP contribution in [0.15, 0.2) is 12.4 Å². The Morgan fingerprint density at radius 3 is 2.76 bits per heavy atom. The number of aromatic nitrogens is 2. The third kappa shape index (κ3) is 2.85. The summed E-state index contributed by atoms with van der Waals surface area (Å²) in [5.74, 6) is 1.27. The van der Waals surface area contributed by atoms with Crippen LogP contribution in [0, 0.1) is 0 Å². The van der Waals surface area contributed by atoms with Crippen molar-refractivity contribution in [3.05, 3.63) is 12.4 Å². The van der Waals surface area contributed by atoms with Gasteiger partial charge in [-0.3, -0.25) is 4.98 Å². The van der Waals surface area contributed by atoms with Gasteiger partial charge in [0.25, 0.3) is 0 Å². The Kier molecular flexibility index (Phi) is 3.78. The summed E-state index contributed by atoms with van der Waals surface area (Å²) < 4.78 is 5.07. The summed E-state index contributed by atoms with van der Waals surface area (Å²) in [6, 6.07) is 0. The molecule has 2 rings (SSSR count). The molecule has 94 valence electrons. The lowest BCUT2D eigenvalue weighted by molar-refractivity contribution is 0.329. The van der Waals surface area contributed by atoms with Crippen molar-refractivity contribution < 1.29 is 4.74 Å². The number of nitrogens with zero attached hydrogens (tertiary/aromatic N) is 2. The molecule has 1 aliphatic rings. The number of hydrogen-bond acceptors (Lipinski definition) is 5. The van der Waals surface area contributed by atoms with E-state index in [1.807, 2.05) is 0 Å². The van der Waals surface area contributed by atoms with Gasteiger partial charge in [0.1, 0.15) is 5.82 Å². The number of methoxy groups -OCH3 is 1. The van der Waals surface area contributed by atoms with E-state index in [1.165, 1.54) is 19.3 Å². The van der Waals surface area contributed by atoms with Crippen molar-refractivity contribution >= 4 is 5.82 Å². The van der Waals surface area contributed by atoms with Crippen molar-refractivity contribution in [2.24, 2.45) is 5.73 Å². The van der Waals surface area contributed by atoms with Crippen LogP contribution < -0.4 is 15.8 Å². The molecule has 1 fully saturated rings. The molecule has 0 spiro atoms. The lowest BCUT2D eigenvalue weighted by Gasteiger charge is -2.37. The van der Waals surface area contributed by atoms with Crippen LogP contribution in [0.1, 0.15) is 32.1 Å². The van der Waals surface area contributed by atoms with Crippen molar-refractivity contribution in [3.63, 3.8) is 0 Å². The molecule has 0 unspecified atom stereocenters. The zero-order valence-electron chi connectivity index (χ0n) is 10.3. The van der Waals surface area contributed by atoms with Gasteiger partial charge in [0, 0.05) is 6.54 Å². The molecule has 0 atom stereocenters. The lowest BCUT2D eigenvalue weighted by atomic mass is 9.82. The molecule has 1 aromatic heterocycles. The van der Waals surface area contributed by atoms with Crippen LogP contribution in [-0.4, -0.2) is 29.2 Å². The zero-order valence-corrected chi connectivity index (χ0v) is 10.3. The smallest absolute Gasteiger partial charge is 0.233 e. The van der Waals surface area contributed by atoms with E-state index >= 15 is 0 Å². The summed E-state index contributed by atoms with van der Waals surface area (Å²) >= 11 is 0. The average Bonchev–Trinajstić information content (AvgIpc) is 2.40. The van der Waals surface area contributed by atoms with Gasteiger partial charge in [0.2, 0.25) is 5.88 Å². The van der Waals surface area contributed by atoms with Gasteiger partial charge in [0.05, 0.1) is 25.0 Å². The van der Waals surface area contributed by atoms with Gasteiger partial charge in [0.15, 0.2) is 0 Å². The van der Waals surface area contributed by atoms with Gasteiger partial charge in [-0.15, -0.1) is 0 Å². The first-order valence-corrected chi connectivity index (χ1v) is 6.12. The van der Waals surface area contributed by atoms with E-state index in [0.29, 0.717) is 12.4 Å². The van der Waals surface area contributed by atoms with Crippen molar-refractivity contribution in [1.82, 2.24) is 9.97 Å². The van der Waals surface area contributed by atoms with Crippen molar-refractivity contribution in [1.29, 1.82) is 0 Å². The Balaban J connectivity index is 2.11. The molecule has 17 heavy (non-hydrogen) atoms. The molecule has 0 bridgehead atoms. The second-order valence-electron chi connectivity index (χ2n) is 4.62. The fraction of sp³-hybridized carbons (Fsp3) is 0.667. The Hall–Kier alpha value is -1.36. The first-order valence-electron chi connectivity index (χ1n) is 6.12. The number of nitrogens with two attached hydrogens (primary N) is 1. The van der Waals surface area contributed by atoms with Crippen LogP contribution in [0.5, 0.6) is 5.88 Å². The van der Waals surface area contributed by atoms with Crippen molar-refractivity contribution in [2.75, 3.05) is 19.0 Å². The van der Waals surface area contributed by atoms with Crippen LogP contribution in [0.25, 0.3) is 0 Å². The van der Waals surface area contributed by atoms with Gasteiger partial charge in [-0.2, -0.15) is 4.98 Å². The average molecular weight is 236 g/mol.